The zero-order valence-corrected chi connectivity index (χ0v) is 11.4. The molecule has 3 rings (SSSR count). The molecule has 0 aliphatic carbocycles. The SMILES string of the molecule is c1cc(CNCCCN2CCCC2)c2c(c1)OCO2. The summed E-state index contributed by atoms with van der Waals surface area (Å²) in [5.74, 6) is 1.78. The van der Waals surface area contributed by atoms with E-state index in [2.05, 4.69) is 16.3 Å². The van der Waals surface area contributed by atoms with Gasteiger partial charge in [0.1, 0.15) is 0 Å². The molecule has 0 amide bonds. The van der Waals surface area contributed by atoms with Gasteiger partial charge in [0.15, 0.2) is 11.5 Å². The summed E-state index contributed by atoms with van der Waals surface area (Å²) in [7, 11) is 0. The zero-order valence-electron chi connectivity index (χ0n) is 11.4. The molecule has 0 aromatic heterocycles. The Bertz CT molecular complexity index is 417. The van der Waals surface area contributed by atoms with E-state index in [1.165, 1.54) is 44.5 Å². The molecular formula is C15H22N2O2. The standard InChI is InChI=1S/C15H22N2O2/c1-2-9-17(8-1)10-4-7-16-11-13-5-3-6-14-15(13)19-12-18-14/h3,5-6,16H,1-2,4,7-12H2. The van der Waals surface area contributed by atoms with Crippen LogP contribution in [0.4, 0.5) is 0 Å². The van der Waals surface area contributed by atoms with Crippen molar-refractivity contribution in [3.8, 4) is 11.5 Å². The molecule has 0 atom stereocenters. The lowest BCUT2D eigenvalue weighted by molar-refractivity contribution is 0.173. The number of para-hydroxylation sites is 1. The summed E-state index contributed by atoms with van der Waals surface area (Å²) in [6.07, 6.45) is 3.97. The van der Waals surface area contributed by atoms with Crippen LogP contribution < -0.4 is 14.8 Å². The Morgan fingerprint density at radius 3 is 2.95 bits per heavy atom. The summed E-state index contributed by atoms with van der Waals surface area (Å²) in [4.78, 5) is 2.55. The number of hydrogen-bond donors (Lipinski definition) is 1. The van der Waals surface area contributed by atoms with Crippen LogP contribution in [-0.2, 0) is 6.54 Å². The summed E-state index contributed by atoms with van der Waals surface area (Å²) in [5.41, 5.74) is 1.19. The van der Waals surface area contributed by atoms with Crippen molar-refractivity contribution >= 4 is 0 Å². The smallest absolute Gasteiger partial charge is 0.231 e. The molecule has 0 unspecified atom stereocenters. The Balaban J connectivity index is 1.39. The van der Waals surface area contributed by atoms with Crippen molar-refractivity contribution in [1.29, 1.82) is 0 Å². The van der Waals surface area contributed by atoms with E-state index in [0.29, 0.717) is 6.79 Å². The van der Waals surface area contributed by atoms with E-state index >= 15 is 0 Å². The van der Waals surface area contributed by atoms with Crippen LogP contribution in [0, 0.1) is 0 Å². The molecule has 1 aromatic rings. The fourth-order valence-electron chi connectivity index (χ4n) is 2.79. The number of nitrogens with one attached hydrogen (secondary N) is 1. The Labute approximate surface area is 114 Å². The van der Waals surface area contributed by atoms with Gasteiger partial charge in [0.25, 0.3) is 0 Å². The number of benzene rings is 1. The predicted octanol–water partition coefficient (Wildman–Crippen LogP) is 1.99. The Morgan fingerprint density at radius 1 is 1.16 bits per heavy atom. The first-order valence-electron chi connectivity index (χ1n) is 7.24. The van der Waals surface area contributed by atoms with Gasteiger partial charge in [0, 0.05) is 12.1 Å². The van der Waals surface area contributed by atoms with E-state index in [-0.39, 0.29) is 0 Å². The lowest BCUT2D eigenvalue weighted by atomic mass is 10.2. The van der Waals surface area contributed by atoms with Crippen molar-refractivity contribution in [2.45, 2.75) is 25.8 Å². The molecule has 0 radical (unpaired) electrons. The van der Waals surface area contributed by atoms with E-state index in [4.69, 9.17) is 9.47 Å². The number of rotatable bonds is 6. The molecule has 19 heavy (non-hydrogen) atoms. The molecule has 4 heteroatoms. The van der Waals surface area contributed by atoms with Crippen molar-refractivity contribution in [2.24, 2.45) is 0 Å². The number of nitrogens with zero attached hydrogens (tertiary/aromatic N) is 1. The predicted molar refractivity (Wildman–Crippen MR) is 74.6 cm³/mol. The molecule has 1 aromatic carbocycles. The third kappa shape index (κ3) is 3.19. The van der Waals surface area contributed by atoms with Gasteiger partial charge in [-0.3, -0.25) is 0 Å². The molecule has 2 heterocycles. The quantitative estimate of drug-likeness (QED) is 0.795. The van der Waals surface area contributed by atoms with Crippen molar-refractivity contribution in [3.63, 3.8) is 0 Å². The molecular weight excluding hydrogens is 240 g/mol. The summed E-state index contributed by atoms with van der Waals surface area (Å²) in [5, 5.41) is 3.49. The minimum Gasteiger partial charge on any atom is -0.454 e. The first kappa shape index (κ1) is 12.8. The average molecular weight is 262 g/mol. The van der Waals surface area contributed by atoms with Crippen LogP contribution in [0.2, 0.25) is 0 Å². The van der Waals surface area contributed by atoms with E-state index in [0.717, 1.165) is 24.6 Å². The molecule has 4 nitrogen and oxygen atoms in total. The fourth-order valence-corrected chi connectivity index (χ4v) is 2.79. The van der Waals surface area contributed by atoms with Crippen LogP contribution in [0.15, 0.2) is 18.2 Å². The van der Waals surface area contributed by atoms with Crippen LogP contribution in [0.1, 0.15) is 24.8 Å². The van der Waals surface area contributed by atoms with Gasteiger partial charge in [-0.05, 0) is 51.5 Å². The third-order valence-electron chi connectivity index (χ3n) is 3.82. The largest absolute Gasteiger partial charge is 0.454 e. The molecule has 1 N–H and O–H groups in total. The first-order chi connectivity index (χ1) is 9.43. The second-order valence-corrected chi connectivity index (χ2v) is 5.23. The lowest BCUT2D eigenvalue weighted by Gasteiger charge is -2.14. The Hall–Kier alpha value is -1.26. The van der Waals surface area contributed by atoms with Gasteiger partial charge in [0.2, 0.25) is 6.79 Å². The van der Waals surface area contributed by atoms with Gasteiger partial charge in [-0.1, -0.05) is 12.1 Å². The van der Waals surface area contributed by atoms with Gasteiger partial charge in [0.05, 0.1) is 0 Å². The molecule has 2 aliphatic heterocycles. The van der Waals surface area contributed by atoms with E-state index in [1.807, 2.05) is 12.1 Å². The van der Waals surface area contributed by atoms with Crippen LogP contribution in [0.25, 0.3) is 0 Å². The van der Waals surface area contributed by atoms with Gasteiger partial charge in [-0.15, -0.1) is 0 Å². The highest BCUT2D eigenvalue weighted by atomic mass is 16.7. The van der Waals surface area contributed by atoms with Crippen LogP contribution in [-0.4, -0.2) is 37.9 Å². The lowest BCUT2D eigenvalue weighted by Crippen LogP contribution is -2.24. The van der Waals surface area contributed by atoms with E-state index in [1.54, 1.807) is 0 Å². The van der Waals surface area contributed by atoms with Crippen LogP contribution in [0.3, 0.4) is 0 Å². The minimum atomic E-state index is 0.349. The van der Waals surface area contributed by atoms with Crippen LogP contribution in [0.5, 0.6) is 11.5 Å². The summed E-state index contributed by atoms with van der Waals surface area (Å²) >= 11 is 0. The highest BCUT2D eigenvalue weighted by molar-refractivity contribution is 5.48. The molecule has 0 saturated carbocycles. The van der Waals surface area contributed by atoms with Crippen molar-refractivity contribution in [2.75, 3.05) is 33.0 Å². The first-order valence-corrected chi connectivity index (χ1v) is 7.24. The zero-order chi connectivity index (χ0) is 12.9. The Morgan fingerprint density at radius 2 is 2.05 bits per heavy atom. The summed E-state index contributed by atoms with van der Waals surface area (Å²) in [6, 6.07) is 6.08. The van der Waals surface area contributed by atoms with Crippen molar-refractivity contribution in [1.82, 2.24) is 10.2 Å². The Kier molecular flexibility index (Phi) is 4.20. The number of ether oxygens (including phenoxy) is 2. The van der Waals surface area contributed by atoms with Gasteiger partial charge >= 0.3 is 0 Å². The highest BCUT2D eigenvalue weighted by Crippen LogP contribution is 2.35. The maximum Gasteiger partial charge on any atom is 0.231 e. The van der Waals surface area contributed by atoms with Gasteiger partial charge in [-0.25, -0.2) is 0 Å². The van der Waals surface area contributed by atoms with Gasteiger partial charge in [-0.2, -0.15) is 0 Å². The second kappa shape index (κ2) is 6.26. The number of likely N-dealkylation sites (tertiary alicyclic amines) is 1. The van der Waals surface area contributed by atoms with Crippen molar-refractivity contribution in [3.05, 3.63) is 23.8 Å². The number of fused-ring (bicyclic) bond motifs is 1. The molecule has 0 spiro atoms. The fraction of sp³-hybridized carbons (Fsp3) is 0.600. The van der Waals surface area contributed by atoms with Crippen molar-refractivity contribution < 1.29 is 9.47 Å². The summed E-state index contributed by atoms with van der Waals surface area (Å²) < 4.78 is 10.9. The summed E-state index contributed by atoms with van der Waals surface area (Å²) in [6.45, 7) is 6.06. The van der Waals surface area contributed by atoms with E-state index < -0.39 is 0 Å². The monoisotopic (exact) mass is 262 g/mol. The topological polar surface area (TPSA) is 33.7 Å². The maximum atomic E-state index is 5.50. The third-order valence-corrected chi connectivity index (χ3v) is 3.82. The minimum absolute atomic E-state index is 0.349. The second-order valence-electron chi connectivity index (χ2n) is 5.23. The normalized spacial score (nSPS) is 18.1. The average Bonchev–Trinajstić information content (AvgIpc) is 3.09. The van der Waals surface area contributed by atoms with Crippen LogP contribution >= 0.6 is 0 Å². The molecule has 1 saturated heterocycles. The molecule has 0 bridgehead atoms. The van der Waals surface area contributed by atoms with E-state index in [9.17, 15) is 0 Å². The number of hydrogen-bond acceptors (Lipinski definition) is 4. The van der Waals surface area contributed by atoms with Gasteiger partial charge < -0.3 is 19.7 Å². The molecule has 104 valence electrons. The molecule has 2 aliphatic rings. The maximum absolute atomic E-state index is 5.50. The highest BCUT2D eigenvalue weighted by Gasteiger charge is 2.16. The molecule has 1 fully saturated rings.